The summed E-state index contributed by atoms with van der Waals surface area (Å²) < 4.78 is 0. The molecule has 1 saturated heterocycles. The van der Waals surface area contributed by atoms with E-state index in [-0.39, 0.29) is 0 Å². The smallest absolute Gasteiger partial charge is 0.100 e. The van der Waals surface area contributed by atoms with Crippen molar-refractivity contribution in [2.24, 2.45) is 0 Å². The van der Waals surface area contributed by atoms with Gasteiger partial charge in [-0.25, -0.2) is 0 Å². The van der Waals surface area contributed by atoms with E-state index in [9.17, 15) is 5.26 Å². The molecule has 156 valence electrons. The van der Waals surface area contributed by atoms with Crippen LogP contribution in [0.15, 0.2) is 60.7 Å². The van der Waals surface area contributed by atoms with Crippen LogP contribution in [0.5, 0.6) is 0 Å². The van der Waals surface area contributed by atoms with Crippen molar-refractivity contribution in [3.05, 3.63) is 94.0 Å². The highest BCUT2D eigenvalue weighted by atomic mass is 15.1. The second-order valence-electron chi connectivity index (χ2n) is 8.55. The molecule has 1 aliphatic heterocycles. The minimum Gasteiger partial charge on any atom is -0.299 e. The first-order chi connectivity index (χ1) is 15.2. The van der Waals surface area contributed by atoms with Gasteiger partial charge in [0.15, 0.2) is 0 Å². The molecule has 2 nitrogen and oxygen atoms in total. The normalized spacial score (nSPS) is 14.6. The average molecular weight is 407 g/mol. The highest BCUT2D eigenvalue weighted by molar-refractivity contribution is 5.80. The van der Waals surface area contributed by atoms with E-state index in [0.717, 1.165) is 28.8 Å². The van der Waals surface area contributed by atoms with Gasteiger partial charge in [-0.3, -0.25) is 4.90 Å². The third-order valence-electron chi connectivity index (χ3n) is 6.30. The molecule has 3 aromatic carbocycles. The van der Waals surface area contributed by atoms with Crippen LogP contribution in [0.2, 0.25) is 0 Å². The van der Waals surface area contributed by atoms with E-state index in [1.165, 1.54) is 54.6 Å². The number of hydrogen-bond donors (Lipinski definition) is 0. The van der Waals surface area contributed by atoms with E-state index in [1.54, 1.807) is 0 Å². The Kier molecular flexibility index (Phi) is 6.65. The quantitative estimate of drug-likeness (QED) is 0.427. The van der Waals surface area contributed by atoms with E-state index >= 15 is 0 Å². The van der Waals surface area contributed by atoms with E-state index in [1.807, 2.05) is 36.4 Å². The summed E-state index contributed by atoms with van der Waals surface area (Å²) in [6.45, 7) is 7.88. The summed E-state index contributed by atoms with van der Waals surface area (Å²) in [5.41, 5.74) is 9.01. The second kappa shape index (κ2) is 9.77. The predicted octanol–water partition coefficient (Wildman–Crippen LogP) is 7.00. The molecule has 0 aliphatic carbocycles. The van der Waals surface area contributed by atoms with Gasteiger partial charge < -0.3 is 0 Å². The molecule has 0 N–H and O–H groups in total. The lowest BCUT2D eigenvalue weighted by molar-refractivity contribution is 0.220. The SMILES string of the molecule is Cc1cc(CN2CCCCC2)c(C)cc1/C=C/c1cccc(-c2ccccc2)c1C#N. The number of nitriles is 1. The third-order valence-corrected chi connectivity index (χ3v) is 6.30. The molecule has 4 rings (SSSR count). The molecule has 1 fully saturated rings. The Bertz CT molecular complexity index is 1110. The predicted molar refractivity (Wildman–Crippen MR) is 131 cm³/mol. The van der Waals surface area contributed by atoms with E-state index in [0.29, 0.717) is 0 Å². The van der Waals surface area contributed by atoms with Crippen molar-refractivity contribution in [1.82, 2.24) is 4.90 Å². The molecular formula is C29H30N2. The maximum Gasteiger partial charge on any atom is 0.100 e. The minimum atomic E-state index is 0.723. The summed E-state index contributed by atoms with van der Waals surface area (Å²) >= 11 is 0. The summed E-state index contributed by atoms with van der Waals surface area (Å²) in [5.74, 6) is 0. The first-order valence-electron chi connectivity index (χ1n) is 11.2. The molecule has 0 amide bonds. The Morgan fingerprint density at radius 1 is 0.839 bits per heavy atom. The zero-order valence-electron chi connectivity index (χ0n) is 18.6. The number of rotatable bonds is 5. The van der Waals surface area contributed by atoms with Crippen LogP contribution in [0.25, 0.3) is 23.3 Å². The lowest BCUT2D eigenvalue weighted by atomic mass is 9.94. The number of benzene rings is 3. The Morgan fingerprint density at radius 2 is 1.58 bits per heavy atom. The Hall–Kier alpha value is -3.15. The van der Waals surface area contributed by atoms with Crippen molar-refractivity contribution in [3.63, 3.8) is 0 Å². The number of hydrogen-bond acceptors (Lipinski definition) is 2. The summed E-state index contributed by atoms with van der Waals surface area (Å²) in [6, 6.07) is 23.3. The van der Waals surface area contributed by atoms with Crippen LogP contribution < -0.4 is 0 Å². The van der Waals surface area contributed by atoms with Gasteiger partial charge >= 0.3 is 0 Å². The van der Waals surface area contributed by atoms with Crippen molar-refractivity contribution >= 4 is 12.2 Å². The van der Waals surface area contributed by atoms with Gasteiger partial charge in [-0.1, -0.05) is 79.2 Å². The van der Waals surface area contributed by atoms with E-state index in [2.05, 4.69) is 61.2 Å². The van der Waals surface area contributed by atoms with Gasteiger partial charge in [-0.05, 0) is 73.2 Å². The van der Waals surface area contributed by atoms with Gasteiger partial charge in [0.05, 0.1) is 5.56 Å². The lowest BCUT2D eigenvalue weighted by Crippen LogP contribution is -2.29. The van der Waals surface area contributed by atoms with Crippen molar-refractivity contribution in [1.29, 1.82) is 5.26 Å². The first kappa shape index (κ1) is 21.1. The Balaban J connectivity index is 1.60. The van der Waals surface area contributed by atoms with Crippen molar-refractivity contribution < 1.29 is 0 Å². The molecule has 0 radical (unpaired) electrons. The Morgan fingerprint density at radius 3 is 2.32 bits per heavy atom. The fourth-order valence-corrected chi connectivity index (χ4v) is 4.48. The standard InChI is InChI=1S/C29H30N2/c1-22-19-27(21-31-16-7-4-8-17-31)23(2)18-26(22)15-14-25-12-9-13-28(29(25)20-30)24-10-5-3-6-11-24/h3,5-6,9-15,18-19H,4,7-8,16-17,21H2,1-2H3/b15-14+. The molecule has 0 bridgehead atoms. The zero-order valence-corrected chi connectivity index (χ0v) is 18.6. The maximum atomic E-state index is 9.86. The molecule has 0 unspecified atom stereocenters. The molecule has 1 aliphatic rings. The zero-order chi connectivity index (χ0) is 21.6. The van der Waals surface area contributed by atoms with Crippen LogP contribution >= 0.6 is 0 Å². The fourth-order valence-electron chi connectivity index (χ4n) is 4.48. The molecule has 0 spiro atoms. The molecule has 2 heteroatoms. The van der Waals surface area contributed by atoms with Gasteiger partial charge in [0.25, 0.3) is 0 Å². The summed E-state index contributed by atoms with van der Waals surface area (Å²) in [6.07, 6.45) is 8.24. The Labute approximate surface area is 186 Å². The topological polar surface area (TPSA) is 27.0 Å². The van der Waals surface area contributed by atoms with Crippen LogP contribution in [0.3, 0.4) is 0 Å². The number of aryl methyl sites for hydroxylation is 2. The molecule has 31 heavy (non-hydrogen) atoms. The number of piperidine rings is 1. The largest absolute Gasteiger partial charge is 0.299 e. The van der Waals surface area contributed by atoms with Crippen molar-refractivity contribution in [3.8, 4) is 17.2 Å². The van der Waals surface area contributed by atoms with Gasteiger partial charge in [-0.15, -0.1) is 0 Å². The first-order valence-corrected chi connectivity index (χ1v) is 11.2. The van der Waals surface area contributed by atoms with Gasteiger partial charge in [0.1, 0.15) is 6.07 Å². The molecule has 0 saturated carbocycles. The highest BCUT2D eigenvalue weighted by Gasteiger charge is 2.13. The summed E-state index contributed by atoms with van der Waals surface area (Å²) in [4.78, 5) is 2.58. The van der Waals surface area contributed by atoms with Crippen LogP contribution in [-0.2, 0) is 6.54 Å². The maximum absolute atomic E-state index is 9.86. The number of nitrogens with zero attached hydrogens (tertiary/aromatic N) is 2. The molecular weight excluding hydrogens is 376 g/mol. The second-order valence-corrected chi connectivity index (χ2v) is 8.55. The van der Waals surface area contributed by atoms with Crippen LogP contribution in [0.1, 0.15) is 52.6 Å². The lowest BCUT2D eigenvalue weighted by Gasteiger charge is -2.27. The minimum absolute atomic E-state index is 0.723. The molecule has 0 atom stereocenters. The van der Waals surface area contributed by atoms with Gasteiger partial charge in [0.2, 0.25) is 0 Å². The third kappa shape index (κ3) is 4.95. The number of likely N-dealkylation sites (tertiary alicyclic amines) is 1. The fraction of sp³-hybridized carbons (Fsp3) is 0.276. The van der Waals surface area contributed by atoms with E-state index in [4.69, 9.17) is 0 Å². The van der Waals surface area contributed by atoms with Gasteiger partial charge in [-0.2, -0.15) is 5.26 Å². The monoisotopic (exact) mass is 406 g/mol. The molecule has 3 aromatic rings. The van der Waals surface area contributed by atoms with Crippen LogP contribution in [-0.4, -0.2) is 18.0 Å². The van der Waals surface area contributed by atoms with Crippen LogP contribution in [0.4, 0.5) is 0 Å². The van der Waals surface area contributed by atoms with Crippen molar-refractivity contribution in [2.45, 2.75) is 39.7 Å². The average Bonchev–Trinajstić information content (AvgIpc) is 2.81. The summed E-state index contributed by atoms with van der Waals surface area (Å²) in [7, 11) is 0. The van der Waals surface area contributed by atoms with Crippen molar-refractivity contribution in [2.75, 3.05) is 13.1 Å². The van der Waals surface area contributed by atoms with Gasteiger partial charge in [0, 0.05) is 12.1 Å². The molecule has 0 aromatic heterocycles. The van der Waals surface area contributed by atoms with Crippen LogP contribution in [0, 0.1) is 25.2 Å². The molecule has 1 heterocycles. The van der Waals surface area contributed by atoms with E-state index < -0.39 is 0 Å². The highest BCUT2D eigenvalue weighted by Crippen LogP contribution is 2.27. The summed E-state index contributed by atoms with van der Waals surface area (Å²) in [5, 5.41) is 9.86.